The first-order chi connectivity index (χ1) is 17.6. The van der Waals surface area contributed by atoms with E-state index >= 15 is 0 Å². The third-order valence-corrected chi connectivity index (χ3v) is 6.38. The number of hydrogen-bond donors (Lipinski definition) is 0. The van der Waals surface area contributed by atoms with E-state index in [4.69, 9.17) is 0 Å². The number of carboxylic acid groups (broad SMARTS) is 3. The minimum absolute atomic E-state index is 0. The summed E-state index contributed by atoms with van der Waals surface area (Å²) in [5, 5.41) is 30.7. The van der Waals surface area contributed by atoms with Gasteiger partial charge >= 0.3 is 17.4 Å². The van der Waals surface area contributed by atoms with Crippen molar-refractivity contribution in [1.29, 1.82) is 0 Å². The first kappa shape index (κ1) is 45.0. The first-order valence-corrected chi connectivity index (χ1v) is 13.8. The molecule has 0 aliphatic carbocycles. The van der Waals surface area contributed by atoms with Crippen LogP contribution in [0.15, 0.2) is 0 Å². The monoisotopic (exact) mass is 582 g/mol. The van der Waals surface area contributed by atoms with E-state index in [0.717, 1.165) is 0 Å². The molecule has 0 saturated carbocycles. The van der Waals surface area contributed by atoms with Crippen molar-refractivity contribution in [2.45, 2.75) is 102 Å². The molecule has 0 N–H and O–H groups in total. The smallest absolute Gasteiger partial charge is 0.550 e. The Morgan fingerprint density at radius 2 is 0.500 bits per heavy atom. The molecule has 0 bridgehead atoms. The van der Waals surface area contributed by atoms with Crippen LogP contribution in [-0.4, -0.2) is 52.6 Å². The van der Waals surface area contributed by atoms with Gasteiger partial charge in [-0.25, -0.2) is 0 Å². The minimum atomic E-state index is -1.28. The molecule has 0 radical (unpaired) electrons. The second-order valence-corrected chi connectivity index (χ2v) is 12.1. The molecule has 0 aliphatic rings. The fraction of sp³-hybridized carbons (Fsp3) is 0.800. The maximum atomic E-state index is 11.4. The van der Waals surface area contributed by atoms with Gasteiger partial charge in [0.25, 0.3) is 0 Å². The van der Waals surface area contributed by atoms with Crippen LogP contribution in [0.1, 0.15) is 102 Å². The van der Waals surface area contributed by atoms with Gasteiger partial charge in [-0.15, -0.1) is 0 Å². The number of hydrogen-bond acceptors (Lipinski definition) is 9. The summed E-state index contributed by atoms with van der Waals surface area (Å²) in [6.07, 6.45) is -1.37. The molecule has 0 rings (SSSR count). The van der Waals surface area contributed by atoms with Crippen molar-refractivity contribution in [3.63, 3.8) is 0 Å². The van der Waals surface area contributed by atoms with Crippen LogP contribution in [0, 0.1) is 53.3 Å². The van der Waals surface area contributed by atoms with Gasteiger partial charge in [-0.3, -0.25) is 14.4 Å². The van der Waals surface area contributed by atoms with E-state index in [1.165, 1.54) is 0 Å². The summed E-state index contributed by atoms with van der Waals surface area (Å²) in [6.45, 7) is 23.1. The second-order valence-electron chi connectivity index (χ2n) is 12.1. The molecule has 40 heavy (non-hydrogen) atoms. The molecule has 0 fully saturated rings. The molecular weight excluding hydrogens is 531 g/mol. The molecule has 0 saturated heterocycles. The molecule has 9 nitrogen and oxygen atoms in total. The summed E-state index contributed by atoms with van der Waals surface area (Å²) in [4.78, 5) is 64.9. The summed E-state index contributed by atoms with van der Waals surface area (Å²) >= 11 is 0. The number of carbonyl (C=O) groups excluding carboxylic acids is 6. The standard InChI is InChI=1S/3C10H18O3.Al/c3*1-6(2)10(7(3)4)8(11)5-9(12)13;/h3*6-7,10H,5H2,1-4H3,(H,12,13);/q;;;+3/p-3. The van der Waals surface area contributed by atoms with Crippen molar-refractivity contribution in [3.8, 4) is 0 Å². The molecule has 0 atom stereocenters. The molecule has 228 valence electrons. The third-order valence-electron chi connectivity index (χ3n) is 6.38. The number of ketones is 3. The van der Waals surface area contributed by atoms with Crippen LogP contribution in [0.5, 0.6) is 0 Å². The molecule has 0 aromatic rings. The zero-order valence-corrected chi connectivity index (χ0v) is 27.7. The summed E-state index contributed by atoms with van der Waals surface area (Å²) in [5.74, 6) is -3.88. The minimum Gasteiger partial charge on any atom is -0.550 e. The predicted octanol–water partition coefficient (Wildman–Crippen LogP) is 1.49. The fourth-order valence-electron chi connectivity index (χ4n) is 5.32. The molecular formula is C30H51AlO9. The average Bonchev–Trinajstić information content (AvgIpc) is 2.64. The van der Waals surface area contributed by atoms with Gasteiger partial charge in [-0.05, 0) is 35.5 Å². The normalized spacial score (nSPS) is 11.0. The maximum absolute atomic E-state index is 11.4. The van der Waals surface area contributed by atoms with Crippen LogP contribution in [0.2, 0.25) is 0 Å². The number of carboxylic acids is 3. The zero-order chi connectivity index (χ0) is 31.8. The van der Waals surface area contributed by atoms with E-state index < -0.39 is 37.2 Å². The molecule has 0 unspecified atom stereocenters. The first-order valence-electron chi connectivity index (χ1n) is 13.8. The van der Waals surface area contributed by atoms with Crippen LogP contribution >= 0.6 is 0 Å². The topological polar surface area (TPSA) is 172 Å². The van der Waals surface area contributed by atoms with E-state index in [2.05, 4.69) is 0 Å². The van der Waals surface area contributed by atoms with Crippen LogP contribution in [-0.2, 0) is 28.8 Å². The molecule has 0 amide bonds. The van der Waals surface area contributed by atoms with Gasteiger partial charge in [-0.1, -0.05) is 83.1 Å². The molecule has 10 heteroatoms. The third kappa shape index (κ3) is 20.8. The van der Waals surface area contributed by atoms with Crippen molar-refractivity contribution in [1.82, 2.24) is 0 Å². The van der Waals surface area contributed by atoms with Gasteiger partial charge in [-0.2, -0.15) is 0 Å². The van der Waals surface area contributed by atoms with E-state index in [1.807, 2.05) is 83.1 Å². The Bertz CT molecular complexity index is 670. The van der Waals surface area contributed by atoms with Gasteiger partial charge in [0, 0.05) is 54.9 Å². The Labute approximate surface area is 252 Å². The van der Waals surface area contributed by atoms with E-state index in [-0.39, 0.29) is 88.0 Å². The van der Waals surface area contributed by atoms with Crippen molar-refractivity contribution >= 4 is 52.6 Å². The van der Waals surface area contributed by atoms with E-state index in [1.54, 1.807) is 0 Å². The van der Waals surface area contributed by atoms with Crippen LogP contribution in [0.4, 0.5) is 0 Å². The molecule has 0 aromatic carbocycles. The van der Waals surface area contributed by atoms with Gasteiger partial charge in [0.2, 0.25) is 0 Å². The predicted molar refractivity (Wildman–Crippen MR) is 149 cm³/mol. The molecule has 0 aliphatic heterocycles. The summed E-state index contributed by atoms with van der Waals surface area (Å²) in [5.41, 5.74) is 0. The van der Waals surface area contributed by atoms with Crippen molar-refractivity contribution in [2.75, 3.05) is 0 Å². The number of aliphatic carboxylic acids is 3. The molecule has 0 heterocycles. The number of carbonyl (C=O) groups is 6. The SMILES string of the molecule is CC(C)C(C(=O)CC(=O)[O-])C(C)C.CC(C)C(C(=O)CC(=O)[O-])C(C)C.CC(C)C(C(=O)CC(=O)[O-])C(C)C.[Al+3]. The van der Waals surface area contributed by atoms with Gasteiger partial charge < -0.3 is 29.7 Å². The van der Waals surface area contributed by atoms with E-state index in [0.29, 0.717) is 0 Å². The number of rotatable bonds is 15. The Morgan fingerprint density at radius 3 is 0.575 bits per heavy atom. The van der Waals surface area contributed by atoms with Crippen LogP contribution in [0.3, 0.4) is 0 Å². The summed E-state index contributed by atoms with van der Waals surface area (Å²) in [7, 11) is 0. The maximum Gasteiger partial charge on any atom is 3.00 e. The van der Waals surface area contributed by atoms with Gasteiger partial charge in [0.05, 0.1) is 0 Å². The van der Waals surface area contributed by atoms with Crippen molar-refractivity contribution < 1.29 is 44.1 Å². The van der Waals surface area contributed by atoms with Gasteiger partial charge in [0.1, 0.15) is 17.3 Å². The summed E-state index contributed by atoms with van der Waals surface area (Å²) < 4.78 is 0. The Morgan fingerprint density at radius 1 is 0.375 bits per heavy atom. The van der Waals surface area contributed by atoms with Crippen LogP contribution < -0.4 is 15.3 Å². The molecule has 0 spiro atoms. The molecule has 0 aromatic heterocycles. The largest absolute Gasteiger partial charge is 3.00 e. The van der Waals surface area contributed by atoms with Gasteiger partial charge in [0.15, 0.2) is 0 Å². The Hall–Kier alpha value is -2.05. The second kappa shape index (κ2) is 22.6. The number of Topliss-reactive ketones (excluding diaryl/α,β-unsaturated/α-hetero) is 3. The average molecular weight is 583 g/mol. The Kier molecular flexibility index (Phi) is 25.4. The van der Waals surface area contributed by atoms with Crippen molar-refractivity contribution in [3.05, 3.63) is 0 Å². The van der Waals surface area contributed by atoms with E-state index in [9.17, 15) is 44.1 Å². The quantitative estimate of drug-likeness (QED) is 0.205. The van der Waals surface area contributed by atoms with Crippen LogP contribution in [0.25, 0.3) is 0 Å². The fourth-order valence-corrected chi connectivity index (χ4v) is 5.32. The summed E-state index contributed by atoms with van der Waals surface area (Å²) in [6, 6.07) is 0. The zero-order valence-electron chi connectivity index (χ0n) is 26.6. The van der Waals surface area contributed by atoms with Crippen molar-refractivity contribution in [2.24, 2.45) is 53.3 Å². The Balaban J connectivity index is -0.000000240.